The number of ether oxygens (including phenoxy) is 1. The van der Waals surface area contributed by atoms with Gasteiger partial charge in [-0.15, -0.1) is 0 Å². The highest BCUT2D eigenvalue weighted by Crippen LogP contribution is 2.25. The Hall–Kier alpha value is -1.20. The van der Waals surface area contributed by atoms with Crippen molar-refractivity contribution in [3.63, 3.8) is 0 Å². The van der Waals surface area contributed by atoms with Crippen molar-refractivity contribution in [3.8, 4) is 0 Å². The van der Waals surface area contributed by atoms with Crippen molar-refractivity contribution >= 4 is 5.95 Å². The second kappa shape index (κ2) is 6.66. The predicted octanol–water partition coefficient (Wildman–Crippen LogP) is 1.52. The molecule has 1 aromatic rings. The van der Waals surface area contributed by atoms with Crippen LogP contribution in [0, 0.1) is 0 Å². The standard InChI is InChI=1S/C13H22N4O/c1-10(2-5-14)17-13-15-8-12(9-16-13)11-3-6-18-7-4-11/h8-11H,2-7,14H2,1H3,(H,15,16,17). The van der Waals surface area contributed by atoms with Crippen molar-refractivity contribution in [2.24, 2.45) is 5.73 Å². The van der Waals surface area contributed by atoms with Gasteiger partial charge in [0.25, 0.3) is 0 Å². The van der Waals surface area contributed by atoms with Crippen LogP contribution in [0.3, 0.4) is 0 Å². The Labute approximate surface area is 108 Å². The summed E-state index contributed by atoms with van der Waals surface area (Å²) < 4.78 is 5.36. The molecule has 0 aliphatic carbocycles. The number of aromatic nitrogens is 2. The van der Waals surface area contributed by atoms with Gasteiger partial charge in [0, 0.05) is 31.6 Å². The maximum Gasteiger partial charge on any atom is 0.222 e. The molecule has 2 rings (SSSR count). The van der Waals surface area contributed by atoms with Crippen LogP contribution in [0.4, 0.5) is 5.95 Å². The molecule has 3 N–H and O–H groups in total. The lowest BCUT2D eigenvalue weighted by Crippen LogP contribution is -2.21. The van der Waals surface area contributed by atoms with Crippen LogP contribution in [0.5, 0.6) is 0 Å². The van der Waals surface area contributed by atoms with Crippen molar-refractivity contribution in [2.45, 2.75) is 38.1 Å². The van der Waals surface area contributed by atoms with Gasteiger partial charge in [-0.1, -0.05) is 0 Å². The van der Waals surface area contributed by atoms with Gasteiger partial charge < -0.3 is 15.8 Å². The zero-order valence-electron chi connectivity index (χ0n) is 10.9. The number of nitrogens with zero attached hydrogens (tertiary/aromatic N) is 2. The van der Waals surface area contributed by atoms with Crippen LogP contribution in [0.15, 0.2) is 12.4 Å². The number of hydrogen-bond acceptors (Lipinski definition) is 5. The molecule has 18 heavy (non-hydrogen) atoms. The number of nitrogens with two attached hydrogens (primary N) is 1. The summed E-state index contributed by atoms with van der Waals surface area (Å²) in [5, 5.41) is 3.25. The van der Waals surface area contributed by atoms with E-state index in [4.69, 9.17) is 10.5 Å². The van der Waals surface area contributed by atoms with Crippen LogP contribution in [-0.4, -0.2) is 35.8 Å². The molecule has 2 heterocycles. The van der Waals surface area contributed by atoms with Gasteiger partial charge in [0.2, 0.25) is 5.95 Å². The van der Waals surface area contributed by atoms with E-state index in [-0.39, 0.29) is 0 Å². The monoisotopic (exact) mass is 250 g/mol. The normalized spacial score (nSPS) is 18.6. The van der Waals surface area contributed by atoms with Crippen LogP contribution >= 0.6 is 0 Å². The topological polar surface area (TPSA) is 73.1 Å². The van der Waals surface area contributed by atoms with Crippen LogP contribution in [0.2, 0.25) is 0 Å². The molecule has 1 fully saturated rings. The summed E-state index contributed by atoms with van der Waals surface area (Å²) in [6.07, 6.45) is 6.92. The van der Waals surface area contributed by atoms with Crippen LogP contribution in [0.1, 0.15) is 37.7 Å². The van der Waals surface area contributed by atoms with Crippen molar-refractivity contribution in [2.75, 3.05) is 25.1 Å². The lowest BCUT2D eigenvalue weighted by atomic mass is 9.94. The predicted molar refractivity (Wildman–Crippen MR) is 71.6 cm³/mol. The zero-order valence-corrected chi connectivity index (χ0v) is 10.9. The van der Waals surface area contributed by atoms with E-state index in [1.807, 2.05) is 12.4 Å². The molecule has 0 saturated carbocycles. The van der Waals surface area contributed by atoms with Crippen LogP contribution in [-0.2, 0) is 4.74 Å². The fourth-order valence-electron chi connectivity index (χ4n) is 2.20. The Kier molecular flexibility index (Phi) is 4.90. The van der Waals surface area contributed by atoms with E-state index in [1.165, 1.54) is 5.56 Å². The minimum Gasteiger partial charge on any atom is -0.381 e. The summed E-state index contributed by atoms with van der Waals surface area (Å²) in [6, 6.07) is 0.309. The SMILES string of the molecule is CC(CCN)Nc1ncc(C2CCOCC2)cn1. The fraction of sp³-hybridized carbons (Fsp3) is 0.692. The van der Waals surface area contributed by atoms with Crippen LogP contribution < -0.4 is 11.1 Å². The molecule has 0 spiro atoms. The first-order valence-electron chi connectivity index (χ1n) is 6.66. The van der Waals surface area contributed by atoms with Gasteiger partial charge in [-0.2, -0.15) is 0 Å². The van der Waals surface area contributed by atoms with Crippen molar-refractivity contribution in [1.82, 2.24) is 9.97 Å². The molecule has 0 aromatic carbocycles. The average molecular weight is 250 g/mol. The summed E-state index contributed by atoms with van der Waals surface area (Å²) in [6.45, 7) is 4.45. The van der Waals surface area contributed by atoms with E-state index in [2.05, 4.69) is 22.2 Å². The van der Waals surface area contributed by atoms with Gasteiger partial charge >= 0.3 is 0 Å². The third-order valence-electron chi connectivity index (χ3n) is 3.34. The van der Waals surface area contributed by atoms with E-state index >= 15 is 0 Å². The summed E-state index contributed by atoms with van der Waals surface area (Å²) in [7, 11) is 0. The van der Waals surface area contributed by atoms with Gasteiger partial charge in [0.05, 0.1) is 0 Å². The highest BCUT2D eigenvalue weighted by molar-refractivity contribution is 5.27. The number of anilines is 1. The molecule has 0 amide bonds. The van der Waals surface area contributed by atoms with Crippen molar-refractivity contribution < 1.29 is 4.74 Å². The van der Waals surface area contributed by atoms with Gasteiger partial charge in [-0.25, -0.2) is 9.97 Å². The molecule has 100 valence electrons. The molecular formula is C13H22N4O. The maximum absolute atomic E-state index is 5.51. The van der Waals surface area contributed by atoms with E-state index in [0.717, 1.165) is 32.5 Å². The second-order valence-electron chi connectivity index (χ2n) is 4.85. The summed E-state index contributed by atoms with van der Waals surface area (Å²) >= 11 is 0. The van der Waals surface area contributed by atoms with Gasteiger partial charge in [0.15, 0.2) is 0 Å². The molecular weight excluding hydrogens is 228 g/mol. The number of nitrogens with one attached hydrogen (secondary N) is 1. The lowest BCUT2D eigenvalue weighted by Gasteiger charge is -2.22. The molecule has 0 bridgehead atoms. The van der Waals surface area contributed by atoms with E-state index in [9.17, 15) is 0 Å². The highest BCUT2D eigenvalue weighted by Gasteiger charge is 2.16. The molecule has 1 saturated heterocycles. The Bertz CT molecular complexity index is 349. The Balaban J connectivity index is 1.92. The average Bonchev–Trinajstić information content (AvgIpc) is 2.41. The molecule has 1 atom stereocenters. The molecule has 1 aliphatic heterocycles. The van der Waals surface area contributed by atoms with Gasteiger partial charge in [-0.05, 0) is 44.2 Å². The molecule has 5 heteroatoms. The minimum atomic E-state index is 0.309. The number of rotatable bonds is 5. The first-order valence-corrected chi connectivity index (χ1v) is 6.66. The summed E-state index contributed by atoms with van der Waals surface area (Å²) in [4.78, 5) is 8.74. The quantitative estimate of drug-likeness (QED) is 0.829. The Morgan fingerprint density at radius 1 is 1.39 bits per heavy atom. The summed E-state index contributed by atoms with van der Waals surface area (Å²) in [5.41, 5.74) is 6.73. The third-order valence-corrected chi connectivity index (χ3v) is 3.34. The smallest absolute Gasteiger partial charge is 0.222 e. The first kappa shape index (κ1) is 13.2. The largest absolute Gasteiger partial charge is 0.381 e. The van der Waals surface area contributed by atoms with Crippen molar-refractivity contribution in [3.05, 3.63) is 18.0 Å². The first-order chi connectivity index (χ1) is 8.79. The third kappa shape index (κ3) is 3.65. The molecule has 1 aliphatic rings. The fourth-order valence-corrected chi connectivity index (χ4v) is 2.20. The maximum atomic E-state index is 5.51. The van der Waals surface area contributed by atoms with E-state index in [0.29, 0.717) is 24.5 Å². The van der Waals surface area contributed by atoms with Gasteiger partial charge in [-0.3, -0.25) is 0 Å². The molecule has 1 unspecified atom stereocenters. The van der Waals surface area contributed by atoms with Crippen LogP contribution in [0.25, 0.3) is 0 Å². The second-order valence-corrected chi connectivity index (χ2v) is 4.85. The van der Waals surface area contributed by atoms with Gasteiger partial charge in [0.1, 0.15) is 0 Å². The Morgan fingerprint density at radius 3 is 2.67 bits per heavy atom. The lowest BCUT2D eigenvalue weighted by molar-refractivity contribution is 0.0852. The zero-order chi connectivity index (χ0) is 12.8. The molecule has 1 aromatic heterocycles. The number of hydrogen-bond donors (Lipinski definition) is 2. The van der Waals surface area contributed by atoms with E-state index in [1.54, 1.807) is 0 Å². The van der Waals surface area contributed by atoms with E-state index < -0.39 is 0 Å². The molecule has 5 nitrogen and oxygen atoms in total. The minimum absolute atomic E-state index is 0.309. The summed E-state index contributed by atoms with van der Waals surface area (Å²) in [5.74, 6) is 1.24. The highest BCUT2D eigenvalue weighted by atomic mass is 16.5. The molecule has 0 radical (unpaired) electrons. The Morgan fingerprint density at radius 2 is 2.06 bits per heavy atom. The van der Waals surface area contributed by atoms with Crippen molar-refractivity contribution in [1.29, 1.82) is 0 Å².